The molecular formula is C28H36N6O4. The van der Waals surface area contributed by atoms with Crippen LogP contribution in [0.1, 0.15) is 34.6 Å². The number of ether oxygens (including phenoxy) is 3. The maximum Gasteiger partial charge on any atom is 0.412 e. The van der Waals surface area contributed by atoms with Gasteiger partial charge < -0.3 is 24.0 Å². The lowest BCUT2D eigenvalue weighted by molar-refractivity contribution is 0.0636. The van der Waals surface area contributed by atoms with Crippen molar-refractivity contribution in [3.05, 3.63) is 36.4 Å². The smallest absolute Gasteiger partial charge is 0.412 e. The van der Waals surface area contributed by atoms with Crippen molar-refractivity contribution in [2.24, 2.45) is 0 Å². The van der Waals surface area contributed by atoms with E-state index in [2.05, 4.69) is 29.0 Å². The zero-order valence-corrected chi connectivity index (χ0v) is 22.7. The van der Waals surface area contributed by atoms with Crippen LogP contribution in [0, 0.1) is 0 Å². The SMILES string of the molecule is C[C@H]1COCCN1c1nc(N2CCOC[C@@H]2C)c2ccc(-c3cccc(NC(=O)OC(C)(C)C)c3)nc2n1. The Hall–Kier alpha value is -3.50. The molecule has 0 unspecified atom stereocenters. The summed E-state index contributed by atoms with van der Waals surface area (Å²) in [6.45, 7) is 13.8. The van der Waals surface area contributed by atoms with E-state index in [0.717, 1.165) is 35.6 Å². The molecule has 5 rings (SSSR count). The third-order valence-electron chi connectivity index (χ3n) is 6.60. The molecular weight excluding hydrogens is 484 g/mol. The van der Waals surface area contributed by atoms with Crippen LogP contribution in [0.3, 0.4) is 0 Å². The Balaban J connectivity index is 1.53. The summed E-state index contributed by atoms with van der Waals surface area (Å²) in [5.74, 6) is 1.53. The summed E-state index contributed by atoms with van der Waals surface area (Å²) in [4.78, 5) is 31.7. The third-order valence-corrected chi connectivity index (χ3v) is 6.60. The van der Waals surface area contributed by atoms with Gasteiger partial charge in [0.15, 0.2) is 5.65 Å². The van der Waals surface area contributed by atoms with Gasteiger partial charge in [0.05, 0.1) is 49.6 Å². The van der Waals surface area contributed by atoms with Crippen molar-refractivity contribution in [3.8, 4) is 11.3 Å². The van der Waals surface area contributed by atoms with E-state index in [0.29, 0.717) is 43.7 Å². The molecule has 2 saturated heterocycles. The highest BCUT2D eigenvalue weighted by Gasteiger charge is 2.27. The van der Waals surface area contributed by atoms with Crippen molar-refractivity contribution >= 4 is 34.6 Å². The number of rotatable bonds is 4. The molecule has 4 heterocycles. The number of nitrogens with zero attached hydrogens (tertiary/aromatic N) is 5. The molecule has 1 N–H and O–H groups in total. The van der Waals surface area contributed by atoms with Crippen LogP contribution in [0.5, 0.6) is 0 Å². The third kappa shape index (κ3) is 5.81. The Morgan fingerprint density at radius 3 is 2.37 bits per heavy atom. The summed E-state index contributed by atoms with van der Waals surface area (Å²) in [6, 6.07) is 11.9. The summed E-state index contributed by atoms with van der Waals surface area (Å²) < 4.78 is 16.7. The average molecular weight is 521 g/mol. The number of morpholine rings is 2. The maximum atomic E-state index is 12.3. The topological polar surface area (TPSA) is 102 Å². The quantitative estimate of drug-likeness (QED) is 0.533. The van der Waals surface area contributed by atoms with Gasteiger partial charge in [-0.25, -0.2) is 9.78 Å². The van der Waals surface area contributed by atoms with Crippen LogP contribution in [0.15, 0.2) is 36.4 Å². The monoisotopic (exact) mass is 520 g/mol. The molecule has 0 spiro atoms. The van der Waals surface area contributed by atoms with Gasteiger partial charge in [-0.1, -0.05) is 12.1 Å². The summed E-state index contributed by atoms with van der Waals surface area (Å²) in [5.41, 5.74) is 2.30. The number of hydrogen-bond acceptors (Lipinski definition) is 9. The zero-order valence-electron chi connectivity index (χ0n) is 22.7. The predicted octanol–water partition coefficient (Wildman–Crippen LogP) is 4.49. The molecule has 38 heavy (non-hydrogen) atoms. The number of nitrogens with one attached hydrogen (secondary N) is 1. The highest BCUT2D eigenvalue weighted by molar-refractivity contribution is 5.91. The van der Waals surface area contributed by atoms with Gasteiger partial charge >= 0.3 is 6.09 Å². The van der Waals surface area contributed by atoms with E-state index in [9.17, 15) is 4.79 Å². The van der Waals surface area contributed by atoms with E-state index in [1.807, 2.05) is 57.2 Å². The van der Waals surface area contributed by atoms with Gasteiger partial charge in [0, 0.05) is 24.3 Å². The first kappa shape index (κ1) is 26.1. The molecule has 202 valence electrons. The van der Waals surface area contributed by atoms with Crippen LogP contribution in [0.2, 0.25) is 0 Å². The minimum Gasteiger partial charge on any atom is -0.444 e. The van der Waals surface area contributed by atoms with Crippen molar-refractivity contribution in [2.75, 3.05) is 54.6 Å². The van der Waals surface area contributed by atoms with Gasteiger partial charge in [0.25, 0.3) is 0 Å². The average Bonchev–Trinajstić information content (AvgIpc) is 2.87. The molecule has 0 radical (unpaired) electrons. The van der Waals surface area contributed by atoms with Crippen LogP contribution in [-0.2, 0) is 14.2 Å². The van der Waals surface area contributed by atoms with E-state index in [-0.39, 0.29) is 12.1 Å². The molecule has 0 aliphatic carbocycles. The predicted molar refractivity (Wildman–Crippen MR) is 148 cm³/mol. The number of amides is 1. The second-order valence-electron chi connectivity index (χ2n) is 10.9. The molecule has 2 aliphatic rings. The van der Waals surface area contributed by atoms with Crippen LogP contribution >= 0.6 is 0 Å². The number of pyridine rings is 1. The molecule has 1 amide bonds. The Morgan fingerprint density at radius 2 is 1.68 bits per heavy atom. The summed E-state index contributed by atoms with van der Waals surface area (Å²) >= 11 is 0. The largest absolute Gasteiger partial charge is 0.444 e. The van der Waals surface area contributed by atoms with Gasteiger partial charge in [0.2, 0.25) is 5.95 Å². The van der Waals surface area contributed by atoms with Crippen molar-refractivity contribution in [1.82, 2.24) is 15.0 Å². The molecule has 2 fully saturated rings. The fourth-order valence-corrected chi connectivity index (χ4v) is 4.73. The summed E-state index contributed by atoms with van der Waals surface area (Å²) in [6.07, 6.45) is -0.498. The fraction of sp³-hybridized carbons (Fsp3) is 0.500. The molecule has 3 aromatic rings. The molecule has 2 atom stereocenters. The van der Waals surface area contributed by atoms with Gasteiger partial charge in [-0.05, 0) is 58.9 Å². The van der Waals surface area contributed by atoms with Crippen molar-refractivity contribution in [3.63, 3.8) is 0 Å². The molecule has 0 bridgehead atoms. The normalized spacial score (nSPS) is 20.4. The van der Waals surface area contributed by atoms with Crippen LogP contribution in [-0.4, -0.2) is 78.2 Å². The van der Waals surface area contributed by atoms with Crippen LogP contribution in [0.25, 0.3) is 22.3 Å². The lowest BCUT2D eigenvalue weighted by Crippen LogP contribution is -2.46. The Labute approximate surface area is 223 Å². The second kappa shape index (κ2) is 10.7. The first-order chi connectivity index (χ1) is 18.2. The minimum atomic E-state index is -0.577. The molecule has 2 aromatic heterocycles. The van der Waals surface area contributed by atoms with Crippen LogP contribution < -0.4 is 15.1 Å². The lowest BCUT2D eigenvalue weighted by Gasteiger charge is -2.37. The molecule has 2 aliphatic heterocycles. The molecule has 10 heteroatoms. The Kier molecular flexibility index (Phi) is 7.36. The first-order valence-electron chi connectivity index (χ1n) is 13.2. The standard InChI is InChI=1S/C28H36N6O4/c1-18-16-36-13-11-33(18)25-22-9-10-23(20-7-6-8-21(15-20)29-27(35)38-28(3,4)5)30-24(22)31-26(32-25)34-12-14-37-17-19(34)2/h6-10,15,18-19H,11-14,16-17H2,1-5H3,(H,29,35)/t18-,19-/m0/s1. The lowest BCUT2D eigenvalue weighted by atomic mass is 10.1. The maximum absolute atomic E-state index is 12.3. The molecule has 1 aromatic carbocycles. The van der Waals surface area contributed by atoms with E-state index in [4.69, 9.17) is 29.2 Å². The molecule has 10 nitrogen and oxygen atoms in total. The number of aromatic nitrogens is 3. The van der Waals surface area contributed by atoms with E-state index >= 15 is 0 Å². The van der Waals surface area contributed by atoms with E-state index in [1.54, 1.807) is 0 Å². The number of carbonyl (C=O) groups is 1. The fourth-order valence-electron chi connectivity index (χ4n) is 4.73. The van der Waals surface area contributed by atoms with Crippen LogP contribution in [0.4, 0.5) is 22.2 Å². The number of carbonyl (C=O) groups excluding carboxylic acids is 1. The van der Waals surface area contributed by atoms with E-state index in [1.165, 1.54) is 0 Å². The molecule has 0 saturated carbocycles. The highest BCUT2D eigenvalue weighted by Crippen LogP contribution is 2.31. The number of fused-ring (bicyclic) bond motifs is 1. The van der Waals surface area contributed by atoms with Crippen molar-refractivity contribution < 1.29 is 19.0 Å². The Bertz CT molecular complexity index is 1310. The Morgan fingerprint density at radius 1 is 0.974 bits per heavy atom. The number of benzene rings is 1. The van der Waals surface area contributed by atoms with Crippen molar-refractivity contribution in [2.45, 2.75) is 52.3 Å². The van der Waals surface area contributed by atoms with E-state index < -0.39 is 11.7 Å². The van der Waals surface area contributed by atoms with Gasteiger partial charge in [-0.2, -0.15) is 9.97 Å². The first-order valence-corrected chi connectivity index (χ1v) is 13.2. The van der Waals surface area contributed by atoms with Gasteiger partial charge in [0.1, 0.15) is 11.4 Å². The summed E-state index contributed by atoms with van der Waals surface area (Å²) in [7, 11) is 0. The summed E-state index contributed by atoms with van der Waals surface area (Å²) in [5, 5.41) is 3.71. The number of hydrogen-bond donors (Lipinski definition) is 1. The van der Waals surface area contributed by atoms with Crippen molar-refractivity contribution in [1.29, 1.82) is 0 Å². The highest BCUT2D eigenvalue weighted by atomic mass is 16.6. The minimum absolute atomic E-state index is 0.162. The second-order valence-corrected chi connectivity index (χ2v) is 10.9. The zero-order chi connectivity index (χ0) is 26.9. The van der Waals surface area contributed by atoms with Gasteiger partial charge in [-0.3, -0.25) is 5.32 Å². The number of anilines is 3. The van der Waals surface area contributed by atoms with Gasteiger partial charge in [-0.15, -0.1) is 0 Å².